The summed E-state index contributed by atoms with van der Waals surface area (Å²) in [6, 6.07) is 24.4. The molecule has 0 amide bonds. The second kappa shape index (κ2) is 18.2. The predicted octanol–water partition coefficient (Wildman–Crippen LogP) is 6.69. The minimum absolute atomic E-state index is 0.247. The van der Waals surface area contributed by atoms with E-state index in [2.05, 4.69) is 17.9 Å². The highest BCUT2D eigenvalue weighted by atomic mass is 32.2. The molecule has 0 spiro atoms. The van der Waals surface area contributed by atoms with Crippen LogP contribution >= 0.6 is 11.8 Å². The van der Waals surface area contributed by atoms with Gasteiger partial charge in [0, 0.05) is 17.1 Å². The standard InChI is InChI=1S/C38H43NO8S2/c1-6-8-24-29(39-49(43)38(3,4)5)30-31(44-34(40)26-18-12-9-13-19-26)32(45-35(41)27-20-14-10-15-21-27)33(37(47-30)48-25-7-2)46-36(42)28-22-16-11-17-23-28/h6-7,9-23,29-33,37,39H,1-2,8,24-25H2,3-5H3/t29-,30?,31?,32?,33?,37?,49?/m1/s1. The molecule has 0 bridgehead atoms. The maximum atomic E-state index is 13.7. The number of nitrogens with one attached hydrogen (secondary N) is 1. The van der Waals surface area contributed by atoms with Gasteiger partial charge < -0.3 is 23.5 Å². The SMILES string of the molecule is C=CCC[C@@H](N[S+]([O-])C(C)(C)C)C1OC(SCC=C)C(OC(=O)c2ccccc2)C(OC(=O)c2ccccc2)C1OC(=O)c1ccccc1. The van der Waals surface area contributed by atoms with Crippen LogP contribution in [0.5, 0.6) is 0 Å². The lowest BCUT2D eigenvalue weighted by molar-refractivity contribution is -0.205. The van der Waals surface area contributed by atoms with E-state index in [0.717, 1.165) is 0 Å². The Bertz CT molecular complexity index is 1530. The largest absolute Gasteiger partial charge is 0.598 e. The van der Waals surface area contributed by atoms with Crippen molar-refractivity contribution in [1.82, 2.24) is 4.72 Å². The van der Waals surface area contributed by atoms with Crippen molar-refractivity contribution in [2.24, 2.45) is 0 Å². The maximum absolute atomic E-state index is 13.7. The Balaban J connectivity index is 1.86. The van der Waals surface area contributed by atoms with Crippen LogP contribution < -0.4 is 4.72 Å². The molecule has 0 aromatic heterocycles. The van der Waals surface area contributed by atoms with Crippen molar-refractivity contribution in [3.8, 4) is 0 Å². The molecule has 1 aliphatic heterocycles. The van der Waals surface area contributed by atoms with E-state index < -0.39 is 69.9 Å². The number of carbonyl (C=O) groups is 3. The Morgan fingerprint density at radius 3 is 1.67 bits per heavy atom. The lowest BCUT2D eigenvalue weighted by atomic mass is 9.92. The molecule has 6 unspecified atom stereocenters. The number of esters is 3. The molecule has 3 aromatic rings. The quantitative estimate of drug-likeness (QED) is 0.0792. The summed E-state index contributed by atoms with van der Waals surface area (Å²) in [5, 5.41) is 0. The van der Waals surface area contributed by atoms with Crippen molar-refractivity contribution < 1.29 is 37.9 Å². The predicted molar refractivity (Wildman–Crippen MR) is 193 cm³/mol. The molecule has 3 aromatic carbocycles. The van der Waals surface area contributed by atoms with Crippen LogP contribution in [0.2, 0.25) is 0 Å². The lowest BCUT2D eigenvalue weighted by Crippen LogP contribution is -2.66. The van der Waals surface area contributed by atoms with Gasteiger partial charge in [-0.2, -0.15) is 0 Å². The summed E-state index contributed by atoms with van der Waals surface area (Å²) in [6.07, 6.45) is -0.604. The molecule has 11 heteroatoms. The molecule has 0 radical (unpaired) electrons. The van der Waals surface area contributed by atoms with Crippen molar-refractivity contribution in [1.29, 1.82) is 0 Å². The van der Waals surface area contributed by atoms with E-state index in [4.69, 9.17) is 18.9 Å². The third-order valence-corrected chi connectivity index (χ3v) is 10.3. The molecule has 0 aliphatic carbocycles. The molecular formula is C38H43NO8S2. The van der Waals surface area contributed by atoms with Gasteiger partial charge in [0.25, 0.3) is 0 Å². The molecule has 1 saturated heterocycles. The van der Waals surface area contributed by atoms with Gasteiger partial charge in [0.1, 0.15) is 16.3 Å². The van der Waals surface area contributed by atoms with Crippen LogP contribution in [0.3, 0.4) is 0 Å². The average Bonchev–Trinajstić information content (AvgIpc) is 3.11. The number of carbonyl (C=O) groups excluding carboxylic acids is 3. The van der Waals surface area contributed by atoms with Crippen LogP contribution in [0.4, 0.5) is 0 Å². The van der Waals surface area contributed by atoms with Crippen LogP contribution in [0, 0.1) is 0 Å². The van der Waals surface area contributed by atoms with Gasteiger partial charge in [0.2, 0.25) is 0 Å². The molecule has 7 atom stereocenters. The molecule has 1 heterocycles. The van der Waals surface area contributed by atoms with Gasteiger partial charge in [0.05, 0.1) is 22.7 Å². The molecule has 1 fully saturated rings. The topological polar surface area (TPSA) is 123 Å². The van der Waals surface area contributed by atoms with E-state index in [-0.39, 0.29) is 16.7 Å². The number of allylic oxidation sites excluding steroid dienone is 1. The summed E-state index contributed by atoms with van der Waals surface area (Å²) in [7, 11) is 0. The summed E-state index contributed by atoms with van der Waals surface area (Å²) < 4.78 is 41.3. The first-order valence-electron chi connectivity index (χ1n) is 16.0. The summed E-state index contributed by atoms with van der Waals surface area (Å²) in [5.41, 5.74) is -0.136. The number of thioether (sulfide) groups is 1. The van der Waals surface area contributed by atoms with E-state index in [1.807, 2.05) is 20.8 Å². The van der Waals surface area contributed by atoms with Crippen molar-refractivity contribution in [3.63, 3.8) is 0 Å². The van der Waals surface area contributed by atoms with E-state index in [0.29, 0.717) is 18.6 Å². The second-order valence-corrected chi connectivity index (χ2v) is 15.4. The van der Waals surface area contributed by atoms with Crippen LogP contribution in [0.15, 0.2) is 116 Å². The number of rotatable bonds is 15. The Hall–Kier alpha value is -3.87. The fraction of sp³-hybridized carbons (Fsp3) is 0.342. The highest BCUT2D eigenvalue weighted by Gasteiger charge is 2.55. The number of ether oxygens (including phenoxy) is 4. The first-order chi connectivity index (χ1) is 23.5. The molecule has 1 N–H and O–H groups in total. The summed E-state index contributed by atoms with van der Waals surface area (Å²) in [4.78, 5) is 41.1. The normalized spacial score (nSPS) is 21.8. The average molecular weight is 706 g/mol. The minimum atomic E-state index is -1.57. The first-order valence-corrected chi connectivity index (χ1v) is 18.2. The van der Waals surface area contributed by atoms with Crippen molar-refractivity contribution in [3.05, 3.63) is 133 Å². The molecule has 49 heavy (non-hydrogen) atoms. The van der Waals surface area contributed by atoms with Gasteiger partial charge in [0.15, 0.2) is 18.3 Å². The lowest BCUT2D eigenvalue weighted by Gasteiger charge is -2.47. The Labute approximate surface area is 295 Å². The summed E-state index contributed by atoms with van der Waals surface area (Å²) >= 11 is -0.285. The molecule has 9 nitrogen and oxygen atoms in total. The number of hydrogen-bond acceptors (Lipinski definition) is 10. The Morgan fingerprint density at radius 2 is 1.24 bits per heavy atom. The van der Waals surface area contributed by atoms with E-state index in [1.165, 1.54) is 11.8 Å². The zero-order valence-corrected chi connectivity index (χ0v) is 29.5. The second-order valence-electron chi connectivity index (χ2n) is 12.3. The molecule has 1 aliphatic rings. The van der Waals surface area contributed by atoms with Gasteiger partial charge in [-0.3, -0.25) is 0 Å². The summed E-state index contributed by atoms with van der Waals surface area (Å²) in [6.45, 7) is 13.2. The van der Waals surface area contributed by atoms with Crippen LogP contribution in [-0.2, 0) is 30.3 Å². The zero-order valence-electron chi connectivity index (χ0n) is 27.9. The van der Waals surface area contributed by atoms with Crippen molar-refractivity contribution >= 4 is 41.0 Å². The van der Waals surface area contributed by atoms with Crippen LogP contribution in [0.1, 0.15) is 64.7 Å². The third-order valence-electron chi connectivity index (χ3n) is 7.56. The van der Waals surface area contributed by atoms with E-state index in [9.17, 15) is 18.9 Å². The highest BCUT2D eigenvalue weighted by molar-refractivity contribution is 7.99. The van der Waals surface area contributed by atoms with E-state index in [1.54, 1.807) is 103 Å². The van der Waals surface area contributed by atoms with Gasteiger partial charge in [-0.1, -0.05) is 66.7 Å². The van der Waals surface area contributed by atoms with Gasteiger partial charge in [-0.05, 0) is 70.0 Å². The minimum Gasteiger partial charge on any atom is -0.598 e. The third kappa shape index (κ3) is 10.6. The van der Waals surface area contributed by atoms with Gasteiger partial charge in [-0.15, -0.1) is 29.6 Å². The summed E-state index contributed by atoms with van der Waals surface area (Å²) in [5.74, 6) is -1.71. The van der Waals surface area contributed by atoms with Crippen molar-refractivity contribution in [2.45, 2.75) is 74.3 Å². The zero-order chi connectivity index (χ0) is 35.4. The Kier molecular flexibility index (Phi) is 14.1. The maximum Gasteiger partial charge on any atom is 0.338 e. The number of benzene rings is 3. The molecular weight excluding hydrogens is 663 g/mol. The number of hydrogen-bond donors (Lipinski definition) is 1. The van der Waals surface area contributed by atoms with E-state index >= 15 is 0 Å². The molecule has 260 valence electrons. The molecule has 0 saturated carbocycles. The fourth-order valence-electron chi connectivity index (χ4n) is 5.05. The van der Waals surface area contributed by atoms with Gasteiger partial charge >= 0.3 is 17.9 Å². The molecule has 4 rings (SSSR count). The Morgan fingerprint density at radius 1 is 0.796 bits per heavy atom. The monoisotopic (exact) mass is 705 g/mol. The van der Waals surface area contributed by atoms with Gasteiger partial charge in [-0.25, -0.2) is 14.4 Å². The highest BCUT2D eigenvalue weighted by Crippen LogP contribution is 2.37. The van der Waals surface area contributed by atoms with Crippen LogP contribution in [-0.4, -0.2) is 68.9 Å². The van der Waals surface area contributed by atoms with Crippen LogP contribution in [0.25, 0.3) is 0 Å². The van der Waals surface area contributed by atoms with Crippen molar-refractivity contribution in [2.75, 3.05) is 5.75 Å². The first kappa shape index (κ1) is 37.9. The fourth-order valence-corrected chi connectivity index (χ4v) is 6.86. The smallest absolute Gasteiger partial charge is 0.338 e.